The molecule has 3 unspecified atom stereocenters. The van der Waals surface area contributed by atoms with Crippen LogP contribution in [0.25, 0.3) is 0 Å². The van der Waals surface area contributed by atoms with Gasteiger partial charge in [0, 0.05) is 38.9 Å². The molecule has 2 amide bonds. The first-order chi connectivity index (χ1) is 19.3. The summed E-state index contributed by atoms with van der Waals surface area (Å²) in [5.74, 6) is 0.305. The van der Waals surface area contributed by atoms with E-state index in [1.165, 1.54) is 17.5 Å². The van der Waals surface area contributed by atoms with Crippen LogP contribution in [0.2, 0.25) is 0 Å². The third-order valence-electron chi connectivity index (χ3n) is 7.70. The molecule has 1 aromatic carbocycles. The number of benzene rings is 1. The topological polar surface area (TPSA) is 79.0 Å². The molecule has 2 heterocycles. The fourth-order valence-corrected chi connectivity index (χ4v) is 5.55. The van der Waals surface area contributed by atoms with E-state index in [1.54, 1.807) is 23.0 Å². The maximum Gasteiger partial charge on any atom is 0.255 e. The quantitative estimate of drug-likeness (QED) is 0.348. The zero-order chi connectivity index (χ0) is 29.7. The van der Waals surface area contributed by atoms with Crippen molar-refractivity contribution in [2.24, 2.45) is 5.92 Å². The maximum absolute atomic E-state index is 13.1. The first-order valence-corrected chi connectivity index (χ1v) is 14.5. The number of carbonyl (C=O) groups is 3. The predicted octanol–water partition coefficient (Wildman–Crippen LogP) is 5.04. The van der Waals surface area contributed by atoms with Crippen LogP contribution in [0.1, 0.15) is 70.4 Å². The number of hydrogen-bond acceptors (Lipinski definition) is 5. The van der Waals surface area contributed by atoms with Crippen LogP contribution in [0.5, 0.6) is 0 Å². The minimum absolute atomic E-state index is 0.0367. The van der Waals surface area contributed by atoms with Crippen molar-refractivity contribution < 1.29 is 19.1 Å². The molecule has 7 heteroatoms. The zero-order valence-corrected chi connectivity index (χ0v) is 25.3. The summed E-state index contributed by atoms with van der Waals surface area (Å²) in [6.07, 6.45) is 9.98. The van der Waals surface area contributed by atoms with E-state index >= 15 is 0 Å². The number of allylic oxidation sites excluding steroid dienone is 1. The van der Waals surface area contributed by atoms with E-state index in [1.807, 2.05) is 40.0 Å². The van der Waals surface area contributed by atoms with E-state index in [0.29, 0.717) is 31.0 Å². The van der Waals surface area contributed by atoms with E-state index in [9.17, 15) is 14.4 Å². The third-order valence-corrected chi connectivity index (χ3v) is 7.70. The number of nitrogens with one attached hydrogen (secondary N) is 1. The van der Waals surface area contributed by atoms with E-state index in [2.05, 4.69) is 43.1 Å². The lowest BCUT2D eigenvalue weighted by atomic mass is 9.93. The molecule has 0 radical (unpaired) electrons. The molecule has 1 fully saturated rings. The molecular weight excluding hydrogens is 502 g/mol. The smallest absolute Gasteiger partial charge is 0.255 e. The Kier molecular flexibility index (Phi) is 14.0. The molecule has 0 aromatic heterocycles. The standard InChI is InChI=1S/C19H26N2O3.C14H23NO/c1-5-8-14-11-21(18(23)16(14)6-2)17(13(3)4)19(24)20-10-7-9-15(20)12-22;1-4-13(9-10-16-3)14-7-5-12(6-8-14)11-15-2/h5-6,8,12-13,15,17H,2,7,9-11H2,1,3-4H3;5-8,13,15H,4,9-11H2,1-3H3/b8-5-;. The van der Waals surface area contributed by atoms with Gasteiger partial charge in [-0.2, -0.15) is 0 Å². The van der Waals surface area contributed by atoms with Crippen molar-refractivity contribution in [1.82, 2.24) is 15.1 Å². The van der Waals surface area contributed by atoms with E-state index in [0.717, 1.165) is 37.9 Å². The highest BCUT2D eigenvalue weighted by atomic mass is 16.5. The molecular formula is C33H49N3O4. The first-order valence-electron chi connectivity index (χ1n) is 14.5. The van der Waals surface area contributed by atoms with Gasteiger partial charge in [-0.15, -0.1) is 0 Å². The summed E-state index contributed by atoms with van der Waals surface area (Å²) >= 11 is 0. The molecule has 1 N–H and O–H groups in total. The number of carbonyl (C=O) groups excluding carboxylic acids is 3. The van der Waals surface area contributed by atoms with Crippen molar-refractivity contribution in [3.05, 3.63) is 71.3 Å². The normalized spacial score (nSPS) is 18.8. The van der Waals surface area contributed by atoms with Crippen LogP contribution >= 0.6 is 0 Å². The second-order valence-corrected chi connectivity index (χ2v) is 10.8. The zero-order valence-electron chi connectivity index (χ0n) is 25.3. The molecule has 0 saturated carbocycles. The van der Waals surface area contributed by atoms with Gasteiger partial charge in [0.1, 0.15) is 12.3 Å². The molecule has 0 bridgehead atoms. The van der Waals surface area contributed by atoms with E-state index in [-0.39, 0.29) is 23.8 Å². The van der Waals surface area contributed by atoms with Crippen molar-refractivity contribution in [1.29, 1.82) is 0 Å². The average molecular weight is 552 g/mol. The van der Waals surface area contributed by atoms with Gasteiger partial charge < -0.3 is 24.6 Å². The van der Waals surface area contributed by atoms with E-state index < -0.39 is 6.04 Å². The molecule has 0 aliphatic carbocycles. The highest BCUT2D eigenvalue weighted by molar-refractivity contribution is 6.03. The van der Waals surface area contributed by atoms with Gasteiger partial charge in [-0.05, 0) is 68.2 Å². The van der Waals surface area contributed by atoms with Gasteiger partial charge in [0.2, 0.25) is 5.91 Å². The van der Waals surface area contributed by atoms with Gasteiger partial charge in [-0.25, -0.2) is 0 Å². The Morgan fingerprint density at radius 3 is 2.48 bits per heavy atom. The first kappa shape index (κ1) is 33.2. The number of rotatable bonds is 13. The fourth-order valence-electron chi connectivity index (χ4n) is 5.55. The molecule has 1 saturated heterocycles. The Balaban J connectivity index is 0.000000305. The molecule has 40 heavy (non-hydrogen) atoms. The van der Waals surface area contributed by atoms with Gasteiger partial charge in [0.25, 0.3) is 5.91 Å². The van der Waals surface area contributed by atoms with Crippen LogP contribution in [-0.2, 0) is 25.7 Å². The Morgan fingerprint density at radius 2 is 1.95 bits per heavy atom. The van der Waals surface area contributed by atoms with Gasteiger partial charge in [0.05, 0.1) is 6.04 Å². The van der Waals surface area contributed by atoms with Crippen LogP contribution in [0, 0.1) is 5.92 Å². The minimum Gasteiger partial charge on any atom is -0.385 e. The Hall–Kier alpha value is -3.03. The Morgan fingerprint density at radius 1 is 1.25 bits per heavy atom. The monoisotopic (exact) mass is 551 g/mol. The Labute approximate surface area is 241 Å². The Bertz CT molecular complexity index is 1040. The minimum atomic E-state index is -0.559. The predicted molar refractivity (Wildman–Crippen MR) is 162 cm³/mol. The van der Waals surface area contributed by atoms with Gasteiger partial charge in [-0.1, -0.05) is 69.8 Å². The highest BCUT2D eigenvalue weighted by Gasteiger charge is 2.42. The summed E-state index contributed by atoms with van der Waals surface area (Å²) < 4.78 is 5.15. The number of aldehydes is 1. The molecule has 0 spiro atoms. The third kappa shape index (κ3) is 8.48. The van der Waals surface area contributed by atoms with Crippen LogP contribution < -0.4 is 5.32 Å². The van der Waals surface area contributed by atoms with Crippen molar-refractivity contribution in [2.45, 2.75) is 77.9 Å². The van der Waals surface area contributed by atoms with Crippen LogP contribution in [-0.4, -0.2) is 73.8 Å². The summed E-state index contributed by atoms with van der Waals surface area (Å²) in [5.41, 5.74) is 4.21. The maximum atomic E-state index is 13.1. The number of amides is 2. The summed E-state index contributed by atoms with van der Waals surface area (Å²) in [4.78, 5) is 40.3. The summed E-state index contributed by atoms with van der Waals surface area (Å²) in [6, 6.07) is 7.99. The summed E-state index contributed by atoms with van der Waals surface area (Å²) in [6.45, 7) is 14.5. The van der Waals surface area contributed by atoms with Crippen molar-refractivity contribution in [3.8, 4) is 0 Å². The second kappa shape index (κ2) is 16.9. The van der Waals surface area contributed by atoms with Gasteiger partial charge in [0.15, 0.2) is 0 Å². The molecule has 1 aromatic rings. The molecule has 2 aliphatic rings. The number of methoxy groups -OCH3 is 1. The number of nitrogens with zero attached hydrogens (tertiary/aromatic N) is 2. The molecule has 3 atom stereocenters. The lowest BCUT2D eigenvalue weighted by molar-refractivity contribution is -0.146. The van der Waals surface area contributed by atoms with Crippen molar-refractivity contribution in [2.75, 3.05) is 33.9 Å². The van der Waals surface area contributed by atoms with Crippen molar-refractivity contribution >= 4 is 18.1 Å². The second-order valence-electron chi connectivity index (χ2n) is 10.8. The summed E-state index contributed by atoms with van der Waals surface area (Å²) in [5, 5.41) is 3.16. The van der Waals surface area contributed by atoms with Crippen molar-refractivity contribution in [3.63, 3.8) is 0 Å². The van der Waals surface area contributed by atoms with Crippen LogP contribution in [0.15, 0.2) is 60.2 Å². The molecule has 7 nitrogen and oxygen atoms in total. The SMILES string of the molecule is C=CC1=C(/C=C\C)CN(C(C(=O)N2CCCC2C=O)C(C)C)C1=O.CCC(CCOC)c1ccc(CNC)cc1. The van der Waals surface area contributed by atoms with Gasteiger partial charge >= 0.3 is 0 Å². The lowest BCUT2D eigenvalue weighted by Gasteiger charge is -2.34. The molecule has 3 rings (SSSR count). The lowest BCUT2D eigenvalue weighted by Crippen LogP contribution is -2.53. The molecule has 2 aliphatic heterocycles. The fraction of sp³-hybridized carbons (Fsp3) is 0.545. The van der Waals surface area contributed by atoms with Crippen LogP contribution in [0.4, 0.5) is 0 Å². The average Bonchev–Trinajstić information content (AvgIpc) is 3.55. The number of hydrogen-bond donors (Lipinski definition) is 1. The van der Waals surface area contributed by atoms with Crippen LogP contribution in [0.3, 0.4) is 0 Å². The highest BCUT2D eigenvalue weighted by Crippen LogP contribution is 2.29. The number of likely N-dealkylation sites (tertiary alicyclic amines) is 1. The largest absolute Gasteiger partial charge is 0.385 e. The van der Waals surface area contributed by atoms with E-state index in [4.69, 9.17) is 4.74 Å². The molecule has 220 valence electrons. The number of ether oxygens (including phenoxy) is 1. The summed E-state index contributed by atoms with van der Waals surface area (Å²) in [7, 11) is 3.74. The van der Waals surface area contributed by atoms with Gasteiger partial charge in [-0.3, -0.25) is 9.59 Å².